The summed E-state index contributed by atoms with van der Waals surface area (Å²) in [5.41, 5.74) is 6.97. The lowest BCUT2D eigenvalue weighted by Crippen LogP contribution is -2.31. The van der Waals surface area contributed by atoms with Crippen LogP contribution in [0.25, 0.3) is 32.0 Å². The molecule has 0 spiro atoms. The first-order valence-corrected chi connectivity index (χ1v) is 15.8. The SMILES string of the molecule is COC(=O)[C@@H](Cc1ccccc1)Oc1c(C(C)C)cc(-c2c3ccccc3c(Br)c3sc(C)c(C)c23)cc1C(C)C. The zero-order valence-electron chi connectivity index (χ0n) is 24.8. The second-order valence-electron chi connectivity index (χ2n) is 11.3. The van der Waals surface area contributed by atoms with Gasteiger partial charge in [-0.05, 0) is 97.9 Å². The maximum atomic E-state index is 13.0. The lowest BCUT2D eigenvalue weighted by atomic mass is 9.86. The number of aryl methyl sites for hydroxylation is 2. The van der Waals surface area contributed by atoms with Gasteiger partial charge < -0.3 is 9.47 Å². The van der Waals surface area contributed by atoms with E-state index in [9.17, 15) is 4.79 Å². The third kappa shape index (κ3) is 5.54. The van der Waals surface area contributed by atoms with E-state index in [1.165, 1.54) is 49.5 Å². The summed E-state index contributed by atoms with van der Waals surface area (Å²) in [5.74, 6) is 0.785. The molecule has 1 aromatic heterocycles. The van der Waals surface area contributed by atoms with Crippen molar-refractivity contribution in [2.75, 3.05) is 7.11 Å². The van der Waals surface area contributed by atoms with Crippen molar-refractivity contribution in [2.45, 2.75) is 65.9 Å². The molecule has 0 aliphatic carbocycles. The van der Waals surface area contributed by atoms with Gasteiger partial charge in [-0.1, -0.05) is 82.3 Å². The van der Waals surface area contributed by atoms with Crippen LogP contribution >= 0.6 is 27.3 Å². The fourth-order valence-electron chi connectivity index (χ4n) is 5.62. The van der Waals surface area contributed by atoms with Crippen molar-refractivity contribution in [3.05, 3.63) is 98.3 Å². The van der Waals surface area contributed by atoms with Crippen LogP contribution in [0.2, 0.25) is 0 Å². The number of carbonyl (C=O) groups is 1. The summed E-state index contributed by atoms with van der Waals surface area (Å²) in [6.45, 7) is 13.2. The Morgan fingerprint density at radius 3 is 2.05 bits per heavy atom. The molecule has 0 N–H and O–H groups in total. The van der Waals surface area contributed by atoms with Gasteiger partial charge in [-0.3, -0.25) is 0 Å². The number of thiophene rings is 1. The number of hydrogen-bond acceptors (Lipinski definition) is 4. The first-order valence-electron chi connectivity index (χ1n) is 14.2. The Morgan fingerprint density at radius 2 is 1.46 bits per heavy atom. The van der Waals surface area contributed by atoms with Gasteiger partial charge in [0.1, 0.15) is 5.75 Å². The van der Waals surface area contributed by atoms with Gasteiger partial charge in [0.2, 0.25) is 0 Å². The quantitative estimate of drug-likeness (QED) is 0.160. The number of hydrogen-bond donors (Lipinski definition) is 0. The standard InChI is InChI=1S/C36H37BrO3S/c1-20(2)28-18-25(32-26-15-11-12-16-27(26)33(37)35-31(32)22(5)23(6)41-35)19-29(21(3)4)34(28)40-30(36(38)39-7)17-24-13-9-8-10-14-24/h8-16,18-21,30H,17H2,1-7H3/t30-/m1/s1. The molecule has 0 fully saturated rings. The number of esters is 1. The molecule has 41 heavy (non-hydrogen) atoms. The molecule has 212 valence electrons. The second kappa shape index (κ2) is 12.0. The summed E-state index contributed by atoms with van der Waals surface area (Å²) in [6.07, 6.45) is -0.305. The summed E-state index contributed by atoms with van der Waals surface area (Å²) in [7, 11) is 1.43. The molecule has 0 radical (unpaired) electrons. The monoisotopic (exact) mass is 628 g/mol. The Kier molecular flexibility index (Phi) is 8.58. The average Bonchev–Trinajstić information content (AvgIpc) is 3.26. The minimum absolute atomic E-state index is 0.181. The molecule has 0 aliphatic rings. The van der Waals surface area contributed by atoms with Crippen molar-refractivity contribution in [3.63, 3.8) is 0 Å². The normalized spacial score (nSPS) is 12.4. The minimum Gasteiger partial charge on any atom is -0.478 e. The lowest BCUT2D eigenvalue weighted by Gasteiger charge is -2.26. The van der Waals surface area contributed by atoms with Gasteiger partial charge in [-0.25, -0.2) is 4.79 Å². The maximum Gasteiger partial charge on any atom is 0.347 e. The van der Waals surface area contributed by atoms with Crippen molar-refractivity contribution in [3.8, 4) is 16.9 Å². The molecular formula is C36H37BrO3S. The topological polar surface area (TPSA) is 35.5 Å². The molecule has 3 nitrogen and oxygen atoms in total. The van der Waals surface area contributed by atoms with Crippen molar-refractivity contribution >= 4 is 54.1 Å². The van der Waals surface area contributed by atoms with E-state index in [-0.39, 0.29) is 17.8 Å². The van der Waals surface area contributed by atoms with Gasteiger partial charge in [-0.15, -0.1) is 11.3 Å². The molecule has 0 unspecified atom stereocenters. The van der Waals surface area contributed by atoms with E-state index in [2.05, 4.69) is 93.9 Å². The van der Waals surface area contributed by atoms with E-state index in [0.29, 0.717) is 6.42 Å². The smallest absolute Gasteiger partial charge is 0.347 e. The maximum absolute atomic E-state index is 13.0. The number of halogens is 1. The molecule has 0 amide bonds. The van der Waals surface area contributed by atoms with Gasteiger partial charge in [0.05, 0.1) is 11.8 Å². The Morgan fingerprint density at radius 1 is 0.878 bits per heavy atom. The summed E-state index contributed by atoms with van der Waals surface area (Å²) < 4.78 is 14.3. The molecule has 4 aromatic carbocycles. The van der Waals surface area contributed by atoms with E-state index < -0.39 is 6.10 Å². The van der Waals surface area contributed by atoms with Crippen LogP contribution in [0.1, 0.15) is 66.7 Å². The number of methoxy groups -OCH3 is 1. The van der Waals surface area contributed by atoms with Crippen molar-refractivity contribution in [1.29, 1.82) is 0 Å². The predicted molar refractivity (Wildman–Crippen MR) is 177 cm³/mol. The average molecular weight is 630 g/mol. The number of ether oxygens (including phenoxy) is 2. The van der Waals surface area contributed by atoms with E-state index in [1.54, 1.807) is 0 Å². The van der Waals surface area contributed by atoms with Crippen LogP contribution in [-0.2, 0) is 16.0 Å². The molecule has 5 heteroatoms. The lowest BCUT2D eigenvalue weighted by molar-refractivity contribution is -0.148. The first kappa shape index (κ1) is 29.3. The third-order valence-electron chi connectivity index (χ3n) is 7.93. The molecule has 5 rings (SSSR count). The van der Waals surface area contributed by atoms with Gasteiger partial charge in [0, 0.05) is 21.2 Å². The largest absolute Gasteiger partial charge is 0.478 e. The van der Waals surface area contributed by atoms with Crippen molar-refractivity contribution in [1.82, 2.24) is 0 Å². The van der Waals surface area contributed by atoms with Crippen LogP contribution in [-0.4, -0.2) is 19.2 Å². The Balaban J connectivity index is 1.76. The molecule has 5 aromatic rings. The van der Waals surface area contributed by atoms with E-state index >= 15 is 0 Å². The van der Waals surface area contributed by atoms with E-state index in [4.69, 9.17) is 9.47 Å². The zero-order chi connectivity index (χ0) is 29.4. The summed E-state index contributed by atoms with van der Waals surface area (Å²) in [5, 5.41) is 3.73. The van der Waals surface area contributed by atoms with Gasteiger partial charge in [0.15, 0.2) is 6.10 Å². The highest BCUT2D eigenvalue weighted by Crippen LogP contribution is 2.49. The van der Waals surface area contributed by atoms with E-state index in [0.717, 1.165) is 26.9 Å². The summed E-state index contributed by atoms with van der Waals surface area (Å²) in [6, 6.07) is 23.2. The Hall–Kier alpha value is -3.15. The molecule has 0 saturated carbocycles. The summed E-state index contributed by atoms with van der Waals surface area (Å²) in [4.78, 5) is 14.3. The molecule has 0 aliphatic heterocycles. The highest BCUT2D eigenvalue weighted by atomic mass is 79.9. The fraction of sp³-hybridized carbons (Fsp3) is 0.306. The number of fused-ring (bicyclic) bond motifs is 2. The van der Waals surface area contributed by atoms with Crippen molar-refractivity contribution in [2.24, 2.45) is 0 Å². The van der Waals surface area contributed by atoms with Crippen LogP contribution in [0.4, 0.5) is 0 Å². The van der Waals surface area contributed by atoms with Crippen LogP contribution in [0.5, 0.6) is 5.75 Å². The minimum atomic E-state index is -0.745. The van der Waals surface area contributed by atoms with Crippen LogP contribution in [0.3, 0.4) is 0 Å². The molecular weight excluding hydrogens is 592 g/mol. The number of carbonyl (C=O) groups excluding carboxylic acids is 1. The third-order valence-corrected chi connectivity index (χ3v) is 10.2. The predicted octanol–water partition coefficient (Wildman–Crippen LogP) is 10.5. The Bertz CT molecular complexity index is 1700. The van der Waals surface area contributed by atoms with E-state index in [1.807, 2.05) is 41.7 Å². The molecule has 1 atom stereocenters. The van der Waals surface area contributed by atoms with Crippen molar-refractivity contribution < 1.29 is 14.3 Å². The molecule has 0 bridgehead atoms. The van der Waals surface area contributed by atoms with Gasteiger partial charge >= 0.3 is 5.97 Å². The molecule has 1 heterocycles. The van der Waals surface area contributed by atoms with Gasteiger partial charge in [-0.2, -0.15) is 0 Å². The second-order valence-corrected chi connectivity index (χ2v) is 13.4. The highest BCUT2D eigenvalue weighted by Gasteiger charge is 2.28. The van der Waals surface area contributed by atoms with Gasteiger partial charge in [0.25, 0.3) is 0 Å². The van der Waals surface area contributed by atoms with Crippen LogP contribution in [0.15, 0.2) is 71.2 Å². The fourth-order valence-corrected chi connectivity index (χ4v) is 7.52. The Labute approximate surface area is 255 Å². The van der Waals surface area contributed by atoms with Crippen LogP contribution < -0.4 is 4.74 Å². The molecule has 0 saturated heterocycles. The number of benzene rings is 4. The first-order chi connectivity index (χ1) is 19.6. The summed E-state index contributed by atoms with van der Waals surface area (Å²) >= 11 is 5.79. The number of rotatable bonds is 8. The zero-order valence-corrected chi connectivity index (χ0v) is 27.2. The van der Waals surface area contributed by atoms with Crippen LogP contribution in [0, 0.1) is 13.8 Å². The highest BCUT2D eigenvalue weighted by molar-refractivity contribution is 9.11.